The first kappa shape index (κ1) is 21.1. The Balaban J connectivity index is 1.84. The van der Waals surface area contributed by atoms with Crippen LogP contribution in [-0.2, 0) is 19.6 Å². The molecule has 0 saturated carbocycles. The third kappa shape index (κ3) is 4.69. The predicted molar refractivity (Wildman–Crippen MR) is 110 cm³/mol. The van der Waals surface area contributed by atoms with Gasteiger partial charge in [-0.15, -0.1) is 11.8 Å². The Kier molecular flexibility index (Phi) is 7.00. The molecular formula is C19H27N3O4S2. The Morgan fingerprint density at radius 2 is 1.96 bits per heavy atom. The normalized spacial score (nSPS) is 18.0. The molecule has 2 heterocycles. The van der Waals surface area contributed by atoms with E-state index in [4.69, 9.17) is 0 Å². The minimum atomic E-state index is -3.60. The van der Waals surface area contributed by atoms with Crippen molar-refractivity contribution in [1.29, 1.82) is 0 Å². The van der Waals surface area contributed by atoms with Gasteiger partial charge < -0.3 is 10.2 Å². The van der Waals surface area contributed by atoms with Crippen LogP contribution in [0.4, 0.5) is 5.69 Å². The number of nitrogens with one attached hydrogen (secondary N) is 1. The second-order valence-electron chi connectivity index (χ2n) is 7.07. The van der Waals surface area contributed by atoms with Crippen molar-refractivity contribution in [2.75, 3.05) is 36.8 Å². The zero-order valence-corrected chi connectivity index (χ0v) is 17.8. The summed E-state index contributed by atoms with van der Waals surface area (Å²) in [6.07, 6.45) is 4.62. The highest BCUT2D eigenvalue weighted by Crippen LogP contribution is 2.37. The van der Waals surface area contributed by atoms with E-state index in [0.29, 0.717) is 25.3 Å². The van der Waals surface area contributed by atoms with Crippen molar-refractivity contribution in [1.82, 2.24) is 9.62 Å². The molecule has 1 saturated heterocycles. The topological polar surface area (TPSA) is 86.8 Å². The van der Waals surface area contributed by atoms with Crippen LogP contribution in [-0.4, -0.2) is 56.5 Å². The summed E-state index contributed by atoms with van der Waals surface area (Å²) < 4.78 is 27.5. The van der Waals surface area contributed by atoms with Crippen molar-refractivity contribution >= 4 is 39.3 Å². The predicted octanol–water partition coefficient (Wildman–Crippen LogP) is 2.22. The lowest BCUT2D eigenvalue weighted by Gasteiger charge is -2.30. The molecule has 28 heavy (non-hydrogen) atoms. The van der Waals surface area contributed by atoms with Gasteiger partial charge in [-0.25, -0.2) is 8.42 Å². The van der Waals surface area contributed by atoms with Gasteiger partial charge in [0.05, 0.1) is 16.3 Å². The zero-order valence-electron chi connectivity index (χ0n) is 16.1. The minimum Gasteiger partial charge on any atom is -0.355 e. The lowest BCUT2D eigenvalue weighted by atomic mass is 10.2. The molecule has 1 fully saturated rings. The zero-order chi connectivity index (χ0) is 20.1. The molecule has 0 radical (unpaired) electrons. The second-order valence-corrected chi connectivity index (χ2v) is 10.0. The lowest BCUT2D eigenvalue weighted by Crippen LogP contribution is -2.43. The van der Waals surface area contributed by atoms with E-state index >= 15 is 0 Å². The van der Waals surface area contributed by atoms with Crippen LogP contribution in [0.2, 0.25) is 0 Å². The first-order valence-electron chi connectivity index (χ1n) is 9.77. The van der Waals surface area contributed by atoms with Gasteiger partial charge >= 0.3 is 0 Å². The molecule has 2 aliphatic rings. The number of anilines is 1. The molecule has 3 rings (SSSR count). The van der Waals surface area contributed by atoms with Gasteiger partial charge in [-0.05, 0) is 37.5 Å². The number of amides is 2. The van der Waals surface area contributed by atoms with Crippen molar-refractivity contribution in [3.63, 3.8) is 0 Å². The maximum Gasteiger partial charge on any atom is 0.243 e. The number of rotatable bonds is 7. The van der Waals surface area contributed by atoms with E-state index in [1.807, 2.05) is 6.92 Å². The van der Waals surface area contributed by atoms with Crippen LogP contribution in [0.3, 0.4) is 0 Å². The fourth-order valence-corrected chi connectivity index (χ4v) is 5.83. The van der Waals surface area contributed by atoms with E-state index in [1.54, 1.807) is 18.2 Å². The van der Waals surface area contributed by atoms with Crippen LogP contribution in [0.25, 0.3) is 0 Å². The molecule has 9 heteroatoms. The number of carbonyl (C=O) groups excluding carboxylic acids is 2. The SMILES string of the molecule is CCCCNC(=O)CN1C(=O)CSc2ccc(S(=O)(=O)N3CCCCC3)cc21. The van der Waals surface area contributed by atoms with E-state index in [-0.39, 0.29) is 29.0 Å². The number of piperidine rings is 1. The van der Waals surface area contributed by atoms with Gasteiger partial charge in [-0.3, -0.25) is 9.59 Å². The van der Waals surface area contributed by atoms with Gasteiger partial charge in [-0.1, -0.05) is 19.8 Å². The average molecular weight is 426 g/mol. The summed E-state index contributed by atoms with van der Waals surface area (Å²) in [6.45, 7) is 3.57. The molecule has 7 nitrogen and oxygen atoms in total. The lowest BCUT2D eigenvalue weighted by molar-refractivity contribution is -0.123. The summed E-state index contributed by atoms with van der Waals surface area (Å²) in [4.78, 5) is 27.1. The van der Waals surface area contributed by atoms with Gasteiger partial charge in [0.2, 0.25) is 21.8 Å². The summed E-state index contributed by atoms with van der Waals surface area (Å²) in [5, 5.41) is 2.81. The number of nitrogens with zero attached hydrogens (tertiary/aromatic N) is 2. The molecule has 2 aliphatic heterocycles. The largest absolute Gasteiger partial charge is 0.355 e. The second kappa shape index (κ2) is 9.28. The number of carbonyl (C=O) groups is 2. The maximum atomic E-state index is 13.0. The number of hydrogen-bond acceptors (Lipinski definition) is 5. The highest BCUT2D eigenvalue weighted by atomic mass is 32.2. The molecule has 0 spiro atoms. The number of unbranched alkanes of at least 4 members (excludes halogenated alkanes) is 1. The van der Waals surface area contributed by atoms with Gasteiger partial charge in [0.1, 0.15) is 6.54 Å². The van der Waals surface area contributed by atoms with E-state index in [9.17, 15) is 18.0 Å². The fraction of sp³-hybridized carbons (Fsp3) is 0.579. The standard InChI is InChI=1S/C19H27N3O4S2/c1-2-3-9-20-18(23)13-22-16-12-15(7-8-17(16)27-14-19(22)24)28(25,26)21-10-5-4-6-11-21/h7-8,12H,2-6,9-11,13-14H2,1H3,(H,20,23). The summed E-state index contributed by atoms with van der Waals surface area (Å²) in [7, 11) is -3.60. The summed E-state index contributed by atoms with van der Waals surface area (Å²) >= 11 is 1.37. The van der Waals surface area contributed by atoms with Gasteiger partial charge in [0.15, 0.2) is 0 Å². The number of thioether (sulfide) groups is 1. The summed E-state index contributed by atoms with van der Waals surface area (Å²) in [6, 6.07) is 4.89. The molecular weight excluding hydrogens is 398 g/mol. The summed E-state index contributed by atoms with van der Waals surface area (Å²) in [5.41, 5.74) is 0.505. The first-order chi connectivity index (χ1) is 13.4. The monoisotopic (exact) mass is 425 g/mol. The molecule has 1 aromatic carbocycles. The third-order valence-corrected chi connectivity index (χ3v) is 7.92. The Bertz CT molecular complexity index is 836. The highest BCUT2D eigenvalue weighted by molar-refractivity contribution is 8.00. The Morgan fingerprint density at radius 1 is 1.21 bits per heavy atom. The smallest absolute Gasteiger partial charge is 0.243 e. The molecule has 0 bridgehead atoms. The molecule has 2 amide bonds. The Hall–Kier alpha value is -1.58. The molecule has 154 valence electrons. The van der Waals surface area contributed by atoms with Crippen LogP contribution >= 0.6 is 11.8 Å². The number of hydrogen-bond donors (Lipinski definition) is 1. The van der Waals surface area contributed by atoms with Gasteiger partial charge in [-0.2, -0.15) is 4.31 Å². The van der Waals surface area contributed by atoms with Crippen molar-refractivity contribution in [2.45, 2.75) is 48.8 Å². The van der Waals surface area contributed by atoms with Crippen molar-refractivity contribution in [3.8, 4) is 0 Å². The molecule has 1 N–H and O–H groups in total. The minimum absolute atomic E-state index is 0.0939. The average Bonchev–Trinajstić information content (AvgIpc) is 2.70. The quantitative estimate of drug-likeness (QED) is 0.677. The molecule has 0 aromatic heterocycles. The number of fused-ring (bicyclic) bond motifs is 1. The Labute approximate surface area is 170 Å². The van der Waals surface area contributed by atoms with Gasteiger partial charge in [0.25, 0.3) is 0 Å². The van der Waals surface area contributed by atoms with E-state index in [2.05, 4.69) is 5.32 Å². The fourth-order valence-electron chi connectivity index (χ4n) is 3.37. The maximum absolute atomic E-state index is 13.0. The van der Waals surface area contributed by atoms with E-state index in [1.165, 1.54) is 21.0 Å². The molecule has 0 aliphatic carbocycles. The number of benzene rings is 1. The summed E-state index contributed by atoms with van der Waals surface area (Å²) in [5.74, 6) is -0.174. The first-order valence-corrected chi connectivity index (χ1v) is 12.2. The molecule has 0 atom stereocenters. The van der Waals surface area contributed by atoms with Crippen molar-refractivity contribution < 1.29 is 18.0 Å². The molecule has 1 aromatic rings. The van der Waals surface area contributed by atoms with Crippen LogP contribution in [0.5, 0.6) is 0 Å². The van der Waals surface area contributed by atoms with Gasteiger partial charge in [0, 0.05) is 24.5 Å². The van der Waals surface area contributed by atoms with Crippen molar-refractivity contribution in [3.05, 3.63) is 18.2 Å². The van der Waals surface area contributed by atoms with Crippen molar-refractivity contribution in [2.24, 2.45) is 0 Å². The van der Waals surface area contributed by atoms with Crippen LogP contribution < -0.4 is 10.2 Å². The Morgan fingerprint density at radius 3 is 2.68 bits per heavy atom. The third-order valence-electron chi connectivity index (χ3n) is 4.98. The van der Waals surface area contributed by atoms with Crippen LogP contribution in [0.1, 0.15) is 39.0 Å². The highest BCUT2D eigenvalue weighted by Gasteiger charge is 2.31. The van der Waals surface area contributed by atoms with Crippen LogP contribution in [0, 0.1) is 0 Å². The molecule has 0 unspecified atom stereocenters. The van der Waals surface area contributed by atoms with E-state index in [0.717, 1.165) is 37.0 Å². The van der Waals surface area contributed by atoms with E-state index < -0.39 is 10.0 Å². The van der Waals surface area contributed by atoms with Crippen LogP contribution in [0.15, 0.2) is 28.0 Å². The number of sulfonamides is 1.